The summed E-state index contributed by atoms with van der Waals surface area (Å²) in [7, 11) is 0. The molecule has 6 nitrogen and oxygen atoms in total. The lowest BCUT2D eigenvalue weighted by Crippen LogP contribution is -2.24. The fraction of sp³-hybridized carbons (Fsp3) is 0.105. The maximum absolute atomic E-state index is 12.5. The number of thiophene rings is 1. The minimum atomic E-state index is -0.250. The van der Waals surface area contributed by atoms with Gasteiger partial charge in [-0.1, -0.05) is 0 Å². The summed E-state index contributed by atoms with van der Waals surface area (Å²) in [5, 5.41) is 4.79. The van der Waals surface area contributed by atoms with E-state index in [0.29, 0.717) is 23.7 Å². The van der Waals surface area contributed by atoms with Crippen LogP contribution in [0.25, 0.3) is 10.2 Å². The number of fused-ring (bicyclic) bond motifs is 1. The highest BCUT2D eigenvalue weighted by Crippen LogP contribution is 2.33. The standard InChI is InChI=1S/C19H16N4O2S/c1-12-4-5-14(11-21-12)25-17-9-16(23-15-6-8-26-18(15)17)19(24)22-10-13-3-2-7-20-13/h2-9,11,20H,10H2,1H3,(H,22,24). The number of nitrogens with zero attached hydrogens (tertiary/aromatic N) is 2. The summed E-state index contributed by atoms with van der Waals surface area (Å²) in [5.74, 6) is 0.967. The average Bonchev–Trinajstić information content (AvgIpc) is 3.33. The molecule has 1 amide bonds. The molecule has 4 heterocycles. The van der Waals surface area contributed by atoms with Crippen LogP contribution < -0.4 is 10.1 Å². The maximum atomic E-state index is 12.5. The molecule has 4 rings (SSSR count). The molecule has 0 radical (unpaired) electrons. The van der Waals surface area contributed by atoms with Crippen LogP contribution in [0.4, 0.5) is 0 Å². The first kappa shape index (κ1) is 16.3. The number of nitrogens with one attached hydrogen (secondary N) is 2. The number of ether oxygens (including phenoxy) is 1. The third-order valence-electron chi connectivity index (χ3n) is 3.82. The summed E-state index contributed by atoms with van der Waals surface area (Å²) < 4.78 is 6.86. The Labute approximate surface area is 153 Å². The zero-order valence-electron chi connectivity index (χ0n) is 14.0. The molecule has 0 atom stereocenters. The number of H-pyrrole nitrogens is 1. The molecule has 0 aromatic carbocycles. The maximum Gasteiger partial charge on any atom is 0.270 e. The highest BCUT2D eigenvalue weighted by Gasteiger charge is 2.15. The quantitative estimate of drug-likeness (QED) is 0.560. The van der Waals surface area contributed by atoms with E-state index in [0.717, 1.165) is 21.6 Å². The second kappa shape index (κ2) is 6.97. The number of hydrogen-bond donors (Lipinski definition) is 2. The van der Waals surface area contributed by atoms with Gasteiger partial charge in [-0.3, -0.25) is 9.78 Å². The number of aromatic amines is 1. The molecular weight excluding hydrogens is 348 g/mol. The van der Waals surface area contributed by atoms with Crippen molar-refractivity contribution in [2.75, 3.05) is 0 Å². The van der Waals surface area contributed by atoms with Crippen LogP contribution in [0.1, 0.15) is 21.9 Å². The summed E-state index contributed by atoms with van der Waals surface area (Å²) in [5.41, 5.74) is 2.89. The monoisotopic (exact) mass is 364 g/mol. The van der Waals surface area contributed by atoms with Gasteiger partial charge in [0, 0.05) is 23.7 Å². The van der Waals surface area contributed by atoms with Crippen LogP contribution in [0.2, 0.25) is 0 Å². The van der Waals surface area contributed by atoms with Gasteiger partial charge in [0.25, 0.3) is 5.91 Å². The molecular formula is C19H16N4O2S. The Morgan fingerprint density at radius 1 is 1.31 bits per heavy atom. The van der Waals surface area contributed by atoms with Crippen LogP contribution in [0, 0.1) is 6.92 Å². The van der Waals surface area contributed by atoms with Gasteiger partial charge in [-0.25, -0.2) is 4.98 Å². The summed E-state index contributed by atoms with van der Waals surface area (Å²) in [6.07, 6.45) is 3.49. The fourth-order valence-corrected chi connectivity index (χ4v) is 3.29. The molecule has 0 aliphatic rings. The first-order chi connectivity index (χ1) is 12.7. The van der Waals surface area contributed by atoms with Crippen molar-refractivity contribution in [3.05, 3.63) is 71.3 Å². The van der Waals surface area contributed by atoms with Gasteiger partial charge in [0.1, 0.15) is 17.2 Å². The van der Waals surface area contributed by atoms with Crippen molar-refractivity contribution in [1.82, 2.24) is 20.3 Å². The minimum Gasteiger partial charge on any atom is -0.454 e. The van der Waals surface area contributed by atoms with E-state index in [4.69, 9.17) is 4.74 Å². The van der Waals surface area contributed by atoms with Gasteiger partial charge in [0.2, 0.25) is 0 Å². The van der Waals surface area contributed by atoms with E-state index in [9.17, 15) is 4.79 Å². The second-order valence-corrected chi connectivity index (χ2v) is 6.67. The third kappa shape index (κ3) is 3.43. The van der Waals surface area contributed by atoms with Crippen molar-refractivity contribution >= 4 is 27.5 Å². The number of aromatic nitrogens is 3. The van der Waals surface area contributed by atoms with E-state index >= 15 is 0 Å². The molecule has 7 heteroatoms. The Bertz CT molecular complexity index is 1040. The van der Waals surface area contributed by atoms with Gasteiger partial charge < -0.3 is 15.0 Å². The van der Waals surface area contributed by atoms with Gasteiger partial charge in [-0.2, -0.15) is 0 Å². The van der Waals surface area contributed by atoms with Crippen LogP contribution >= 0.6 is 11.3 Å². The summed E-state index contributed by atoms with van der Waals surface area (Å²) >= 11 is 1.52. The van der Waals surface area contributed by atoms with Gasteiger partial charge in [0.05, 0.1) is 23.0 Å². The van der Waals surface area contributed by atoms with E-state index in [1.165, 1.54) is 11.3 Å². The Balaban J connectivity index is 1.61. The summed E-state index contributed by atoms with van der Waals surface area (Å²) in [6, 6.07) is 11.1. The number of aryl methyl sites for hydroxylation is 1. The SMILES string of the molecule is Cc1ccc(Oc2cc(C(=O)NCc3ccc[nH]3)nc3ccsc23)cn1. The molecule has 0 saturated heterocycles. The molecule has 26 heavy (non-hydrogen) atoms. The van der Waals surface area contributed by atoms with Crippen LogP contribution in [-0.2, 0) is 6.54 Å². The molecule has 0 aliphatic carbocycles. The molecule has 0 bridgehead atoms. The number of hydrogen-bond acceptors (Lipinski definition) is 5. The Kier molecular flexibility index (Phi) is 4.37. The molecule has 0 spiro atoms. The topological polar surface area (TPSA) is 79.9 Å². The van der Waals surface area contributed by atoms with E-state index in [1.54, 1.807) is 12.3 Å². The molecule has 4 aromatic rings. The molecule has 0 aliphatic heterocycles. The minimum absolute atomic E-state index is 0.250. The van der Waals surface area contributed by atoms with Crippen LogP contribution in [-0.4, -0.2) is 20.9 Å². The Morgan fingerprint density at radius 2 is 2.23 bits per heavy atom. The fourth-order valence-electron chi connectivity index (χ4n) is 2.50. The number of pyridine rings is 2. The average molecular weight is 364 g/mol. The predicted molar refractivity (Wildman–Crippen MR) is 101 cm³/mol. The van der Waals surface area contributed by atoms with Crippen LogP contribution in [0.15, 0.2) is 54.2 Å². The number of amides is 1. The third-order valence-corrected chi connectivity index (χ3v) is 4.74. The first-order valence-electron chi connectivity index (χ1n) is 8.08. The van der Waals surface area contributed by atoms with Crippen LogP contribution in [0.5, 0.6) is 11.5 Å². The Morgan fingerprint density at radius 3 is 3.00 bits per heavy atom. The Hall–Kier alpha value is -3.19. The summed E-state index contributed by atoms with van der Waals surface area (Å²) in [4.78, 5) is 24.2. The number of carbonyl (C=O) groups is 1. The van der Waals surface area contributed by atoms with E-state index in [-0.39, 0.29) is 5.91 Å². The summed E-state index contributed by atoms with van der Waals surface area (Å²) in [6.45, 7) is 2.33. The number of carbonyl (C=O) groups excluding carboxylic acids is 1. The molecule has 0 saturated carbocycles. The van der Waals surface area contributed by atoms with E-state index < -0.39 is 0 Å². The van der Waals surface area contributed by atoms with Crippen LogP contribution in [0.3, 0.4) is 0 Å². The van der Waals surface area contributed by atoms with Crippen molar-refractivity contribution in [2.45, 2.75) is 13.5 Å². The van der Waals surface area contributed by atoms with Crippen molar-refractivity contribution in [3.8, 4) is 11.5 Å². The highest BCUT2D eigenvalue weighted by molar-refractivity contribution is 7.17. The van der Waals surface area contributed by atoms with Gasteiger partial charge in [-0.15, -0.1) is 11.3 Å². The van der Waals surface area contributed by atoms with Gasteiger partial charge in [-0.05, 0) is 42.6 Å². The van der Waals surface area contributed by atoms with Crippen molar-refractivity contribution in [3.63, 3.8) is 0 Å². The molecule has 130 valence electrons. The van der Waals surface area contributed by atoms with Crippen molar-refractivity contribution < 1.29 is 9.53 Å². The second-order valence-electron chi connectivity index (χ2n) is 5.76. The first-order valence-corrected chi connectivity index (χ1v) is 8.96. The molecule has 2 N–H and O–H groups in total. The zero-order chi connectivity index (χ0) is 17.9. The smallest absolute Gasteiger partial charge is 0.270 e. The van der Waals surface area contributed by atoms with Crippen molar-refractivity contribution in [1.29, 1.82) is 0 Å². The largest absolute Gasteiger partial charge is 0.454 e. The van der Waals surface area contributed by atoms with Gasteiger partial charge >= 0.3 is 0 Å². The van der Waals surface area contributed by atoms with Gasteiger partial charge in [0.15, 0.2) is 0 Å². The molecule has 0 fully saturated rings. The van der Waals surface area contributed by atoms with E-state index in [1.807, 2.05) is 48.8 Å². The normalized spacial score (nSPS) is 10.8. The predicted octanol–water partition coefficient (Wildman–Crippen LogP) is 4.05. The van der Waals surface area contributed by atoms with Crippen molar-refractivity contribution in [2.24, 2.45) is 0 Å². The molecule has 4 aromatic heterocycles. The number of rotatable bonds is 5. The lowest BCUT2D eigenvalue weighted by Gasteiger charge is -2.09. The molecule has 0 unspecified atom stereocenters. The lowest BCUT2D eigenvalue weighted by molar-refractivity contribution is 0.0945. The highest BCUT2D eigenvalue weighted by atomic mass is 32.1. The van der Waals surface area contributed by atoms with E-state index in [2.05, 4.69) is 20.3 Å². The zero-order valence-corrected chi connectivity index (χ0v) is 14.8. The lowest BCUT2D eigenvalue weighted by atomic mass is 10.2.